The van der Waals surface area contributed by atoms with Gasteiger partial charge in [-0.25, -0.2) is 0 Å². The van der Waals surface area contributed by atoms with Crippen molar-refractivity contribution >= 4 is 21.8 Å². The van der Waals surface area contributed by atoms with Crippen molar-refractivity contribution in [2.24, 2.45) is 0 Å². The third kappa shape index (κ3) is 3.46. The number of nitrogens with zero attached hydrogens (tertiary/aromatic N) is 1. The van der Waals surface area contributed by atoms with Gasteiger partial charge in [-0.2, -0.15) is 0 Å². The molecule has 14 heavy (non-hydrogen) atoms. The first-order chi connectivity index (χ1) is 6.59. The third-order valence-electron chi connectivity index (χ3n) is 1.78. The average molecular weight is 257 g/mol. The van der Waals surface area contributed by atoms with Gasteiger partial charge in [-0.1, -0.05) is 15.9 Å². The van der Waals surface area contributed by atoms with E-state index >= 15 is 0 Å². The van der Waals surface area contributed by atoms with E-state index in [2.05, 4.69) is 26.2 Å². The van der Waals surface area contributed by atoms with E-state index in [4.69, 9.17) is 0 Å². The number of hydrogen-bond acceptors (Lipinski definition) is 2. The molecule has 76 valence electrons. The van der Waals surface area contributed by atoms with Gasteiger partial charge in [0.1, 0.15) is 0 Å². The largest absolute Gasteiger partial charge is 0.349 e. The molecule has 1 heterocycles. The van der Waals surface area contributed by atoms with Crippen molar-refractivity contribution in [1.82, 2.24) is 10.3 Å². The quantitative estimate of drug-likeness (QED) is 0.839. The van der Waals surface area contributed by atoms with E-state index < -0.39 is 0 Å². The van der Waals surface area contributed by atoms with Crippen LogP contribution >= 0.6 is 15.9 Å². The highest BCUT2D eigenvalue weighted by Gasteiger charge is 2.07. The topological polar surface area (TPSA) is 42.0 Å². The lowest BCUT2D eigenvalue weighted by atomic mass is 10.2. The summed E-state index contributed by atoms with van der Waals surface area (Å²) in [7, 11) is 0. The summed E-state index contributed by atoms with van der Waals surface area (Å²) >= 11 is 3.20. The van der Waals surface area contributed by atoms with Crippen molar-refractivity contribution < 1.29 is 4.79 Å². The molecule has 0 saturated carbocycles. The van der Waals surface area contributed by atoms with E-state index in [0.717, 1.165) is 11.3 Å². The van der Waals surface area contributed by atoms with E-state index in [1.54, 1.807) is 13.1 Å². The Morgan fingerprint density at radius 3 is 3.00 bits per heavy atom. The molecule has 1 atom stereocenters. The van der Waals surface area contributed by atoms with E-state index in [1.165, 1.54) is 0 Å². The van der Waals surface area contributed by atoms with Crippen LogP contribution in [0.5, 0.6) is 0 Å². The molecule has 1 aromatic heterocycles. The van der Waals surface area contributed by atoms with Crippen molar-refractivity contribution in [3.05, 3.63) is 29.6 Å². The highest BCUT2D eigenvalue weighted by molar-refractivity contribution is 9.10. The van der Waals surface area contributed by atoms with Crippen LogP contribution < -0.4 is 5.32 Å². The van der Waals surface area contributed by atoms with Crippen LogP contribution in [0.15, 0.2) is 18.3 Å². The van der Waals surface area contributed by atoms with E-state index in [1.807, 2.05) is 19.1 Å². The second-order valence-electron chi connectivity index (χ2n) is 3.16. The van der Waals surface area contributed by atoms with E-state index in [9.17, 15) is 4.79 Å². The van der Waals surface area contributed by atoms with Gasteiger partial charge in [0.25, 0.3) is 0 Å². The van der Waals surface area contributed by atoms with Gasteiger partial charge in [-0.05, 0) is 31.5 Å². The maximum absolute atomic E-state index is 11.2. The van der Waals surface area contributed by atoms with Gasteiger partial charge in [0.15, 0.2) is 0 Å². The molecule has 1 unspecified atom stereocenters. The smallest absolute Gasteiger partial charge is 0.233 e. The van der Waals surface area contributed by atoms with Gasteiger partial charge in [0.05, 0.1) is 17.1 Å². The summed E-state index contributed by atoms with van der Waals surface area (Å²) in [4.78, 5) is 15.2. The first-order valence-corrected chi connectivity index (χ1v) is 5.34. The molecule has 0 spiro atoms. The number of rotatable bonds is 3. The maximum atomic E-state index is 11.2. The van der Waals surface area contributed by atoms with Crippen LogP contribution in [0.2, 0.25) is 0 Å². The Hall–Kier alpha value is -0.900. The fraction of sp³-hybridized carbons (Fsp3) is 0.400. The average Bonchev–Trinajstić information content (AvgIpc) is 2.14. The molecule has 0 bridgehead atoms. The van der Waals surface area contributed by atoms with Crippen LogP contribution in [0, 0.1) is 6.92 Å². The Kier molecular flexibility index (Phi) is 4.07. The standard InChI is InChI=1S/C10H13BrN2O/c1-7-3-4-12-9(5-7)6-13-10(14)8(2)11/h3-5,8H,6H2,1-2H3,(H,13,14). The second-order valence-corrected chi connectivity index (χ2v) is 4.53. The van der Waals surface area contributed by atoms with Crippen LogP contribution in [0.25, 0.3) is 0 Å². The van der Waals surface area contributed by atoms with Gasteiger partial charge in [-0.3, -0.25) is 9.78 Å². The van der Waals surface area contributed by atoms with Crippen LogP contribution in [0.3, 0.4) is 0 Å². The van der Waals surface area contributed by atoms with Crippen LogP contribution in [0.1, 0.15) is 18.2 Å². The molecule has 0 aliphatic heterocycles. The Balaban J connectivity index is 2.50. The first kappa shape index (κ1) is 11.2. The van der Waals surface area contributed by atoms with Crippen LogP contribution in [-0.2, 0) is 11.3 Å². The zero-order chi connectivity index (χ0) is 10.6. The number of carbonyl (C=O) groups excluding carboxylic acids is 1. The molecule has 1 amide bonds. The predicted octanol–water partition coefficient (Wildman–Crippen LogP) is 1.79. The SMILES string of the molecule is Cc1ccnc(CNC(=O)C(C)Br)c1. The molecule has 1 aromatic rings. The molecule has 0 saturated heterocycles. The molecular weight excluding hydrogens is 244 g/mol. The molecule has 0 aromatic carbocycles. The summed E-state index contributed by atoms with van der Waals surface area (Å²) < 4.78 is 0. The molecule has 1 N–H and O–H groups in total. The summed E-state index contributed by atoms with van der Waals surface area (Å²) in [6.45, 7) is 4.27. The van der Waals surface area contributed by atoms with Gasteiger partial charge in [-0.15, -0.1) is 0 Å². The summed E-state index contributed by atoms with van der Waals surface area (Å²) in [5.41, 5.74) is 2.03. The summed E-state index contributed by atoms with van der Waals surface area (Å²) in [6, 6.07) is 3.89. The van der Waals surface area contributed by atoms with Crippen LogP contribution in [0.4, 0.5) is 0 Å². The Bertz CT molecular complexity index is 326. The fourth-order valence-electron chi connectivity index (χ4n) is 1.01. The molecule has 1 rings (SSSR count). The highest BCUT2D eigenvalue weighted by Crippen LogP contribution is 2.01. The van der Waals surface area contributed by atoms with Gasteiger partial charge in [0, 0.05) is 6.20 Å². The Morgan fingerprint density at radius 2 is 2.43 bits per heavy atom. The van der Waals surface area contributed by atoms with Gasteiger partial charge < -0.3 is 5.32 Å². The highest BCUT2D eigenvalue weighted by atomic mass is 79.9. The lowest BCUT2D eigenvalue weighted by molar-refractivity contribution is -0.120. The minimum absolute atomic E-state index is 0.0201. The third-order valence-corrected chi connectivity index (χ3v) is 2.19. The van der Waals surface area contributed by atoms with Crippen molar-refractivity contribution in [2.45, 2.75) is 25.2 Å². The molecule has 4 heteroatoms. The normalized spacial score (nSPS) is 12.2. The zero-order valence-corrected chi connectivity index (χ0v) is 9.84. The number of amides is 1. The molecule has 0 aliphatic rings. The van der Waals surface area contributed by atoms with Gasteiger partial charge in [0.2, 0.25) is 5.91 Å². The fourth-order valence-corrected chi connectivity index (χ4v) is 1.18. The monoisotopic (exact) mass is 256 g/mol. The summed E-state index contributed by atoms with van der Waals surface area (Å²) in [5, 5.41) is 2.78. The number of aromatic nitrogens is 1. The van der Waals surface area contributed by atoms with E-state index in [0.29, 0.717) is 6.54 Å². The van der Waals surface area contributed by atoms with Crippen molar-refractivity contribution in [2.75, 3.05) is 0 Å². The second kappa shape index (κ2) is 5.10. The number of halogens is 1. The predicted molar refractivity (Wildman–Crippen MR) is 59.2 cm³/mol. The number of aryl methyl sites for hydroxylation is 1. The van der Waals surface area contributed by atoms with Crippen molar-refractivity contribution in [3.63, 3.8) is 0 Å². The first-order valence-electron chi connectivity index (χ1n) is 4.43. The molecule has 0 fully saturated rings. The molecule has 3 nitrogen and oxygen atoms in total. The number of pyridine rings is 1. The van der Waals surface area contributed by atoms with Crippen LogP contribution in [-0.4, -0.2) is 15.7 Å². The minimum atomic E-state index is -0.160. The molecular formula is C10H13BrN2O. The Morgan fingerprint density at radius 1 is 1.71 bits per heavy atom. The lowest BCUT2D eigenvalue weighted by Crippen LogP contribution is -2.29. The van der Waals surface area contributed by atoms with Crippen molar-refractivity contribution in [1.29, 1.82) is 0 Å². The van der Waals surface area contributed by atoms with Crippen molar-refractivity contribution in [3.8, 4) is 0 Å². The summed E-state index contributed by atoms with van der Waals surface area (Å²) in [5.74, 6) is -0.0201. The van der Waals surface area contributed by atoms with Gasteiger partial charge >= 0.3 is 0 Å². The molecule has 0 radical (unpaired) electrons. The Labute approximate surface area is 92.1 Å². The number of hydrogen-bond donors (Lipinski definition) is 1. The zero-order valence-electron chi connectivity index (χ0n) is 8.25. The van der Waals surface area contributed by atoms with E-state index in [-0.39, 0.29) is 10.7 Å². The number of carbonyl (C=O) groups is 1. The number of nitrogens with one attached hydrogen (secondary N) is 1. The molecule has 0 aliphatic carbocycles. The minimum Gasteiger partial charge on any atom is -0.349 e. The lowest BCUT2D eigenvalue weighted by Gasteiger charge is -2.06. The maximum Gasteiger partial charge on any atom is 0.233 e. The number of alkyl halides is 1. The summed E-state index contributed by atoms with van der Waals surface area (Å²) in [6.07, 6.45) is 1.74.